The largest absolute Gasteiger partial charge is 0.493 e. The number of ether oxygens (including phenoxy) is 3. The number of hydrogen-bond donors (Lipinski definition) is 1. The minimum Gasteiger partial charge on any atom is -0.493 e. The summed E-state index contributed by atoms with van der Waals surface area (Å²) in [6.45, 7) is -0.106. The van der Waals surface area contributed by atoms with Crippen LogP contribution in [-0.4, -0.2) is 44.1 Å². The van der Waals surface area contributed by atoms with E-state index in [4.69, 9.17) is 18.6 Å². The highest BCUT2D eigenvalue weighted by Crippen LogP contribution is 2.40. The molecule has 0 saturated carbocycles. The van der Waals surface area contributed by atoms with Gasteiger partial charge in [-0.05, 0) is 30.3 Å². The van der Waals surface area contributed by atoms with Crippen molar-refractivity contribution in [2.45, 2.75) is 6.54 Å². The van der Waals surface area contributed by atoms with Crippen LogP contribution in [0.3, 0.4) is 0 Å². The van der Waals surface area contributed by atoms with Gasteiger partial charge >= 0.3 is 6.03 Å². The number of hydrogen-bond acceptors (Lipinski definition) is 7. The molecule has 2 aromatic rings. The summed E-state index contributed by atoms with van der Waals surface area (Å²) in [6, 6.07) is 5.67. The van der Waals surface area contributed by atoms with Gasteiger partial charge in [0, 0.05) is 5.56 Å². The number of benzene rings is 1. The Labute approximate surface area is 160 Å². The summed E-state index contributed by atoms with van der Waals surface area (Å²) in [5.41, 5.74) is 0.183. The van der Waals surface area contributed by atoms with Crippen LogP contribution < -0.4 is 19.5 Å². The van der Waals surface area contributed by atoms with Gasteiger partial charge in [-0.1, -0.05) is 0 Å². The van der Waals surface area contributed by atoms with Crippen LogP contribution in [0.25, 0.3) is 6.08 Å². The van der Waals surface area contributed by atoms with Crippen molar-refractivity contribution in [3.63, 3.8) is 0 Å². The zero-order valence-electron chi connectivity index (χ0n) is 15.5. The predicted molar refractivity (Wildman–Crippen MR) is 96.9 cm³/mol. The molecule has 0 unspecified atom stereocenters. The molecule has 9 heteroatoms. The lowest BCUT2D eigenvalue weighted by Crippen LogP contribution is -2.53. The summed E-state index contributed by atoms with van der Waals surface area (Å²) in [6.07, 6.45) is 2.76. The zero-order valence-corrected chi connectivity index (χ0v) is 15.5. The van der Waals surface area contributed by atoms with Gasteiger partial charge in [-0.15, -0.1) is 0 Å². The van der Waals surface area contributed by atoms with Gasteiger partial charge in [0.05, 0.1) is 34.1 Å². The number of methoxy groups -OCH3 is 3. The predicted octanol–water partition coefficient (Wildman–Crippen LogP) is 1.97. The molecule has 3 rings (SSSR count). The standard InChI is InChI=1S/C19H18N2O7/c1-25-14-7-6-11(15(26-2)16(14)27-3)9-13-17(22)20-19(24)21(18(13)23)10-12-5-4-8-28-12/h4-9H,10H2,1-3H3,(H,20,22,24). The Kier molecular flexibility index (Phi) is 5.35. The molecule has 0 radical (unpaired) electrons. The van der Waals surface area contributed by atoms with Gasteiger partial charge in [-0.25, -0.2) is 4.79 Å². The fourth-order valence-corrected chi connectivity index (χ4v) is 2.79. The second kappa shape index (κ2) is 7.87. The Morgan fingerprint density at radius 1 is 1.04 bits per heavy atom. The van der Waals surface area contributed by atoms with Crippen molar-refractivity contribution in [1.29, 1.82) is 0 Å². The maximum absolute atomic E-state index is 12.8. The number of rotatable bonds is 6. The molecule has 1 saturated heterocycles. The molecule has 28 heavy (non-hydrogen) atoms. The van der Waals surface area contributed by atoms with Gasteiger partial charge in [-0.3, -0.25) is 19.8 Å². The Morgan fingerprint density at radius 2 is 1.79 bits per heavy atom. The van der Waals surface area contributed by atoms with E-state index in [2.05, 4.69) is 5.32 Å². The van der Waals surface area contributed by atoms with Crippen molar-refractivity contribution in [3.05, 3.63) is 47.4 Å². The Balaban J connectivity index is 2.01. The quantitative estimate of drug-likeness (QED) is 0.597. The summed E-state index contributed by atoms with van der Waals surface area (Å²) in [5.74, 6) is -0.128. The summed E-state index contributed by atoms with van der Waals surface area (Å²) in [7, 11) is 4.35. The molecule has 0 spiro atoms. The van der Waals surface area contributed by atoms with Crippen molar-refractivity contribution in [1.82, 2.24) is 10.2 Å². The summed E-state index contributed by atoms with van der Waals surface area (Å²) in [5, 5.41) is 2.15. The average Bonchev–Trinajstić information content (AvgIpc) is 3.20. The number of furan rings is 1. The second-order valence-corrected chi connectivity index (χ2v) is 5.71. The molecule has 0 atom stereocenters. The molecule has 4 amide bonds. The van der Waals surface area contributed by atoms with Gasteiger partial charge in [0.25, 0.3) is 11.8 Å². The second-order valence-electron chi connectivity index (χ2n) is 5.71. The lowest BCUT2D eigenvalue weighted by atomic mass is 10.1. The van der Waals surface area contributed by atoms with Crippen LogP contribution >= 0.6 is 0 Å². The Morgan fingerprint density at radius 3 is 2.39 bits per heavy atom. The first-order valence-electron chi connectivity index (χ1n) is 8.20. The van der Waals surface area contributed by atoms with E-state index < -0.39 is 17.8 Å². The molecule has 1 aliphatic heterocycles. The minimum atomic E-state index is -0.817. The molecular formula is C19H18N2O7. The van der Waals surface area contributed by atoms with E-state index in [1.807, 2.05) is 0 Å². The third-order valence-corrected chi connectivity index (χ3v) is 4.11. The van der Waals surface area contributed by atoms with Crippen molar-refractivity contribution in [3.8, 4) is 17.2 Å². The number of nitrogens with zero attached hydrogens (tertiary/aromatic N) is 1. The summed E-state index contributed by atoms with van der Waals surface area (Å²) >= 11 is 0. The summed E-state index contributed by atoms with van der Waals surface area (Å²) in [4.78, 5) is 38.0. The fourth-order valence-electron chi connectivity index (χ4n) is 2.79. The summed E-state index contributed by atoms with van der Waals surface area (Å²) < 4.78 is 21.1. The number of nitrogens with one attached hydrogen (secondary N) is 1. The minimum absolute atomic E-state index is 0.106. The number of barbiturate groups is 1. The molecule has 2 heterocycles. The number of carbonyl (C=O) groups excluding carboxylic acids is 3. The van der Waals surface area contributed by atoms with Crippen LogP contribution in [0.2, 0.25) is 0 Å². The molecule has 1 fully saturated rings. The van der Waals surface area contributed by atoms with Crippen molar-refractivity contribution < 1.29 is 33.0 Å². The van der Waals surface area contributed by atoms with Gasteiger partial charge in [0.2, 0.25) is 5.75 Å². The number of amides is 4. The van der Waals surface area contributed by atoms with E-state index in [9.17, 15) is 14.4 Å². The molecular weight excluding hydrogens is 368 g/mol. The van der Waals surface area contributed by atoms with Gasteiger partial charge < -0.3 is 18.6 Å². The molecule has 1 aromatic heterocycles. The highest BCUT2D eigenvalue weighted by Gasteiger charge is 2.36. The SMILES string of the molecule is COc1ccc(C=C2C(=O)NC(=O)N(Cc3ccco3)C2=O)c(OC)c1OC. The van der Waals surface area contributed by atoms with Crippen LogP contribution in [-0.2, 0) is 16.1 Å². The lowest BCUT2D eigenvalue weighted by molar-refractivity contribution is -0.130. The molecule has 1 aromatic carbocycles. The van der Waals surface area contributed by atoms with E-state index in [-0.39, 0.29) is 17.9 Å². The number of carbonyl (C=O) groups is 3. The number of urea groups is 1. The zero-order chi connectivity index (χ0) is 20.3. The van der Waals surface area contributed by atoms with Gasteiger partial charge in [0.1, 0.15) is 11.3 Å². The normalized spacial score (nSPS) is 15.6. The molecule has 1 aliphatic rings. The van der Waals surface area contributed by atoms with Gasteiger partial charge in [-0.2, -0.15) is 0 Å². The van der Waals surface area contributed by atoms with E-state index in [0.717, 1.165) is 4.90 Å². The monoisotopic (exact) mass is 386 g/mol. The van der Waals surface area contributed by atoms with Crippen molar-refractivity contribution in [2.75, 3.05) is 21.3 Å². The average molecular weight is 386 g/mol. The molecule has 9 nitrogen and oxygen atoms in total. The third kappa shape index (κ3) is 3.41. The van der Waals surface area contributed by atoms with Crippen LogP contribution in [0.4, 0.5) is 4.79 Å². The van der Waals surface area contributed by atoms with Gasteiger partial charge in [0.15, 0.2) is 11.5 Å². The first-order chi connectivity index (χ1) is 13.5. The third-order valence-electron chi connectivity index (χ3n) is 4.11. The van der Waals surface area contributed by atoms with Crippen LogP contribution in [0.5, 0.6) is 17.2 Å². The lowest BCUT2D eigenvalue weighted by Gasteiger charge is -2.25. The fraction of sp³-hybridized carbons (Fsp3) is 0.211. The maximum Gasteiger partial charge on any atom is 0.331 e. The molecule has 0 bridgehead atoms. The van der Waals surface area contributed by atoms with Crippen LogP contribution in [0.1, 0.15) is 11.3 Å². The Hall–Kier alpha value is -3.75. The van der Waals surface area contributed by atoms with E-state index in [1.54, 1.807) is 24.3 Å². The maximum atomic E-state index is 12.8. The smallest absolute Gasteiger partial charge is 0.331 e. The van der Waals surface area contributed by atoms with E-state index in [0.29, 0.717) is 22.8 Å². The molecule has 1 N–H and O–H groups in total. The highest BCUT2D eigenvalue weighted by atomic mass is 16.5. The van der Waals surface area contributed by atoms with Crippen molar-refractivity contribution in [2.24, 2.45) is 0 Å². The molecule has 146 valence electrons. The molecule has 0 aliphatic carbocycles. The first kappa shape index (κ1) is 19.0. The van der Waals surface area contributed by atoms with Crippen LogP contribution in [0.15, 0.2) is 40.5 Å². The van der Waals surface area contributed by atoms with Crippen LogP contribution in [0, 0.1) is 0 Å². The Bertz CT molecular complexity index is 947. The first-order valence-corrected chi connectivity index (χ1v) is 8.20. The topological polar surface area (TPSA) is 107 Å². The highest BCUT2D eigenvalue weighted by molar-refractivity contribution is 6.31. The number of imide groups is 2. The van der Waals surface area contributed by atoms with E-state index >= 15 is 0 Å². The van der Waals surface area contributed by atoms with Crippen molar-refractivity contribution >= 4 is 23.9 Å². The van der Waals surface area contributed by atoms with E-state index in [1.165, 1.54) is 33.7 Å².